The van der Waals surface area contributed by atoms with Crippen LogP contribution in [-0.4, -0.2) is 19.9 Å². The Morgan fingerprint density at radius 2 is 2.11 bits per heavy atom. The Labute approximate surface area is 109 Å². The van der Waals surface area contributed by atoms with E-state index in [-0.39, 0.29) is 12.0 Å². The first-order chi connectivity index (χ1) is 8.95. The molecule has 6 heteroatoms. The average Bonchev–Trinajstić information content (AvgIpc) is 2.78. The van der Waals surface area contributed by atoms with Gasteiger partial charge in [-0.25, -0.2) is 13.8 Å². The van der Waals surface area contributed by atoms with Crippen LogP contribution < -0.4 is 0 Å². The van der Waals surface area contributed by atoms with Crippen LogP contribution in [0.25, 0.3) is 0 Å². The molecule has 0 spiro atoms. The fourth-order valence-corrected chi connectivity index (χ4v) is 2.01. The van der Waals surface area contributed by atoms with Gasteiger partial charge in [0.2, 0.25) is 0 Å². The molecule has 0 amide bonds. The summed E-state index contributed by atoms with van der Waals surface area (Å²) in [6.45, 7) is 3.91. The number of hydrogen-bond donors (Lipinski definition) is 1. The van der Waals surface area contributed by atoms with Crippen molar-refractivity contribution in [2.24, 2.45) is 0 Å². The lowest BCUT2D eigenvalue weighted by Gasteiger charge is -2.24. The highest BCUT2D eigenvalue weighted by Crippen LogP contribution is 2.28. The van der Waals surface area contributed by atoms with E-state index < -0.39 is 17.2 Å². The van der Waals surface area contributed by atoms with Gasteiger partial charge in [0, 0.05) is 18.5 Å². The predicted molar refractivity (Wildman–Crippen MR) is 65.3 cm³/mol. The van der Waals surface area contributed by atoms with Gasteiger partial charge in [-0.2, -0.15) is 5.10 Å². The Balaban J connectivity index is 2.35. The topological polar surface area (TPSA) is 50.9 Å². The molecule has 0 aliphatic carbocycles. The lowest BCUT2D eigenvalue weighted by atomic mass is 9.91. The molecule has 0 saturated heterocycles. The highest BCUT2D eigenvalue weighted by Gasteiger charge is 2.30. The summed E-state index contributed by atoms with van der Waals surface area (Å²) in [7, 11) is 0. The SMILES string of the molecule is CCn1ncnc1CC(C)(O)c1cccc(F)c1F. The Morgan fingerprint density at radius 3 is 2.79 bits per heavy atom. The van der Waals surface area contributed by atoms with E-state index in [1.807, 2.05) is 6.92 Å². The van der Waals surface area contributed by atoms with Crippen LogP contribution in [0.5, 0.6) is 0 Å². The van der Waals surface area contributed by atoms with Crippen molar-refractivity contribution in [1.29, 1.82) is 0 Å². The van der Waals surface area contributed by atoms with Crippen LogP contribution in [0.3, 0.4) is 0 Å². The molecule has 0 radical (unpaired) electrons. The van der Waals surface area contributed by atoms with Gasteiger partial charge in [0.15, 0.2) is 11.6 Å². The number of aliphatic hydroxyl groups is 1. The van der Waals surface area contributed by atoms with E-state index in [1.165, 1.54) is 25.4 Å². The molecule has 0 aliphatic rings. The summed E-state index contributed by atoms with van der Waals surface area (Å²) in [5, 5.41) is 14.4. The van der Waals surface area contributed by atoms with Gasteiger partial charge in [0.05, 0.1) is 5.60 Å². The van der Waals surface area contributed by atoms with Gasteiger partial charge in [0.1, 0.15) is 12.2 Å². The molecule has 19 heavy (non-hydrogen) atoms. The van der Waals surface area contributed by atoms with Crippen molar-refractivity contribution in [2.75, 3.05) is 0 Å². The molecule has 4 nitrogen and oxygen atoms in total. The van der Waals surface area contributed by atoms with Gasteiger partial charge in [-0.3, -0.25) is 4.68 Å². The van der Waals surface area contributed by atoms with Gasteiger partial charge >= 0.3 is 0 Å². The van der Waals surface area contributed by atoms with E-state index in [9.17, 15) is 13.9 Å². The summed E-state index contributed by atoms with van der Waals surface area (Å²) in [4.78, 5) is 4.03. The summed E-state index contributed by atoms with van der Waals surface area (Å²) < 4.78 is 28.5. The third-order valence-electron chi connectivity index (χ3n) is 3.03. The molecule has 102 valence electrons. The first-order valence-electron chi connectivity index (χ1n) is 5.99. The van der Waals surface area contributed by atoms with Crippen LogP contribution >= 0.6 is 0 Å². The zero-order valence-electron chi connectivity index (χ0n) is 10.8. The number of hydrogen-bond acceptors (Lipinski definition) is 3. The standard InChI is InChI=1S/C13H15F2N3O/c1-3-18-11(16-8-17-18)7-13(2,19)9-5-4-6-10(14)12(9)15/h4-6,8,19H,3,7H2,1-2H3. The maximum absolute atomic E-state index is 13.7. The smallest absolute Gasteiger partial charge is 0.164 e. The van der Waals surface area contributed by atoms with Crippen LogP contribution in [0.4, 0.5) is 8.78 Å². The zero-order valence-corrected chi connectivity index (χ0v) is 10.8. The van der Waals surface area contributed by atoms with E-state index in [2.05, 4.69) is 10.1 Å². The van der Waals surface area contributed by atoms with Crippen molar-refractivity contribution in [3.63, 3.8) is 0 Å². The lowest BCUT2D eigenvalue weighted by Crippen LogP contribution is -2.28. The minimum Gasteiger partial charge on any atom is -0.385 e. The minimum absolute atomic E-state index is 0.0568. The first-order valence-corrected chi connectivity index (χ1v) is 5.99. The van der Waals surface area contributed by atoms with Crippen molar-refractivity contribution in [3.8, 4) is 0 Å². The van der Waals surface area contributed by atoms with Gasteiger partial charge in [0.25, 0.3) is 0 Å². The zero-order chi connectivity index (χ0) is 14.0. The monoisotopic (exact) mass is 267 g/mol. The second-order valence-electron chi connectivity index (χ2n) is 4.54. The normalized spacial score (nSPS) is 14.4. The average molecular weight is 267 g/mol. The molecule has 1 aromatic heterocycles. The molecule has 0 fully saturated rings. The van der Waals surface area contributed by atoms with Gasteiger partial charge in [-0.15, -0.1) is 0 Å². The molecule has 1 aromatic carbocycles. The van der Waals surface area contributed by atoms with E-state index in [4.69, 9.17) is 0 Å². The van der Waals surface area contributed by atoms with Crippen LogP contribution in [-0.2, 0) is 18.6 Å². The maximum atomic E-state index is 13.7. The summed E-state index contributed by atoms with van der Waals surface area (Å²) in [5.74, 6) is -1.49. The molecule has 1 unspecified atom stereocenters. The van der Waals surface area contributed by atoms with Crippen LogP contribution in [0.1, 0.15) is 25.2 Å². The maximum Gasteiger partial charge on any atom is 0.164 e. The number of nitrogens with zero attached hydrogens (tertiary/aromatic N) is 3. The molecule has 2 rings (SSSR count). The Hall–Kier alpha value is -1.82. The highest BCUT2D eigenvalue weighted by molar-refractivity contribution is 5.25. The molecule has 2 aromatic rings. The summed E-state index contributed by atoms with van der Waals surface area (Å²) in [6, 6.07) is 3.75. The molecule has 1 heterocycles. The molecular formula is C13H15F2N3O. The molecular weight excluding hydrogens is 252 g/mol. The minimum atomic E-state index is -1.55. The number of benzene rings is 1. The van der Waals surface area contributed by atoms with Crippen molar-refractivity contribution in [1.82, 2.24) is 14.8 Å². The predicted octanol–water partition coefficient (Wildman–Crippen LogP) is 2.03. The Kier molecular flexibility index (Phi) is 3.61. The Bertz CT molecular complexity index is 581. The van der Waals surface area contributed by atoms with E-state index in [0.717, 1.165) is 6.07 Å². The number of rotatable bonds is 4. The van der Waals surface area contributed by atoms with Crippen molar-refractivity contribution < 1.29 is 13.9 Å². The number of halogens is 2. The third kappa shape index (κ3) is 2.63. The van der Waals surface area contributed by atoms with E-state index in [0.29, 0.717) is 12.4 Å². The van der Waals surface area contributed by atoms with Crippen LogP contribution in [0, 0.1) is 11.6 Å². The Morgan fingerprint density at radius 1 is 1.37 bits per heavy atom. The van der Waals surface area contributed by atoms with Crippen LogP contribution in [0.2, 0.25) is 0 Å². The molecule has 1 N–H and O–H groups in total. The second kappa shape index (κ2) is 5.05. The van der Waals surface area contributed by atoms with Gasteiger partial charge in [-0.1, -0.05) is 12.1 Å². The van der Waals surface area contributed by atoms with Gasteiger partial charge in [-0.05, 0) is 19.9 Å². The third-order valence-corrected chi connectivity index (χ3v) is 3.03. The fourth-order valence-electron chi connectivity index (χ4n) is 2.01. The first kappa shape index (κ1) is 13.6. The summed E-state index contributed by atoms with van der Waals surface area (Å²) >= 11 is 0. The fraction of sp³-hybridized carbons (Fsp3) is 0.385. The van der Waals surface area contributed by atoms with Crippen LogP contribution in [0.15, 0.2) is 24.5 Å². The largest absolute Gasteiger partial charge is 0.385 e. The number of aryl methyl sites for hydroxylation is 1. The summed E-state index contributed by atoms with van der Waals surface area (Å²) in [5.41, 5.74) is -1.63. The van der Waals surface area contributed by atoms with E-state index >= 15 is 0 Å². The van der Waals surface area contributed by atoms with Crippen molar-refractivity contribution >= 4 is 0 Å². The van der Waals surface area contributed by atoms with E-state index in [1.54, 1.807) is 4.68 Å². The lowest BCUT2D eigenvalue weighted by molar-refractivity contribution is 0.0498. The van der Waals surface area contributed by atoms with Crippen molar-refractivity contribution in [2.45, 2.75) is 32.4 Å². The highest BCUT2D eigenvalue weighted by atomic mass is 19.2. The van der Waals surface area contributed by atoms with Gasteiger partial charge < -0.3 is 5.11 Å². The number of aromatic nitrogens is 3. The molecule has 0 bridgehead atoms. The quantitative estimate of drug-likeness (QED) is 0.922. The molecule has 0 aliphatic heterocycles. The molecule has 0 saturated carbocycles. The summed E-state index contributed by atoms with van der Waals surface area (Å²) in [6.07, 6.45) is 1.43. The second-order valence-corrected chi connectivity index (χ2v) is 4.54. The molecule has 1 atom stereocenters. The van der Waals surface area contributed by atoms with Crippen molar-refractivity contribution in [3.05, 3.63) is 47.5 Å².